The average molecular weight is 513 g/mol. The summed E-state index contributed by atoms with van der Waals surface area (Å²) in [5.41, 5.74) is 0. The minimum absolute atomic E-state index is 0.0297. The molecule has 2 saturated heterocycles. The Morgan fingerprint density at radius 2 is 1.69 bits per heavy atom. The van der Waals surface area contributed by atoms with Crippen molar-refractivity contribution in [3.63, 3.8) is 0 Å². The van der Waals surface area contributed by atoms with Gasteiger partial charge in [0.05, 0.1) is 18.2 Å². The van der Waals surface area contributed by atoms with E-state index in [1.54, 1.807) is 0 Å². The van der Waals surface area contributed by atoms with Gasteiger partial charge in [0.25, 0.3) is 0 Å². The van der Waals surface area contributed by atoms with E-state index in [9.17, 15) is 19.8 Å². The maximum absolute atomic E-state index is 13.2. The molecule has 0 radical (unpaired) electrons. The van der Waals surface area contributed by atoms with Crippen LogP contribution in [0.25, 0.3) is 0 Å². The molecule has 2 aliphatic rings. The zero-order chi connectivity index (χ0) is 26.7. The van der Waals surface area contributed by atoms with Gasteiger partial charge in [0.2, 0.25) is 5.91 Å². The molecule has 8 heteroatoms. The van der Waals surface area contributed by atoms with Gasteiger partial charge in [-0.2, -0.15) is 0 Å². The van der Waals surface area contributed by atoms with Crippen molar-refractivity contribution in [3.8, 4) is 0 Å². The molecular weight excluding hydrogens is 460 g/mol. The summed E-state index contributed by atoms with van der Waals surface area (Å²) in [5, 5.41) is 28.5. The number of hydrogen-bond donors (Lipinski definition) is 4. The first-order chi connectivity index (χ1) is 17.2. The second kappa shape index (κ2) is 15.9. The Hall–Kier alpha value is -1.22. The molecule has 0 aromatic rings. The normalized spacial score (nSPS) is 31.4. The van der Waals surface area contributed by atoms with Crippen LogP contribution in [-0.4, -0.2) is 71.2 Å². The van der Waals surface area contributed by atoms with E-state index in [2.05, 4.69) is 24.5 Å². The van der Waals surface area contributed by atoms with Crippen molar-refractivity contribution in [3.05, 3.63) is 0 Å². The Bertz CT molecular complexity index is 660. The first-order valence-electron chi connectivity index (χ1n) is 14.5. The second-order valence-corrected chi connectivity index (χ2v) is 11.2. The summed E-state index contributed by atoms with van der Waals surface area (Å²) in [4.78, 5) is 25.5. The van der Waals surface area contributed by atoms with Crippen LogP contribution in [0.4, 0.5) is 0 Å². The van der Waals surface area contributed by atoms with E-state index in [-0.39, 0.29) is 30.3 Å². The van der Waals surface area contributed by atoms with E-state index < -0.39 is 36.6 Å². The number of rotatable bonds is 15. The summed E-state index contributed by atoms with van der Waals surface area (Å²) >= 11 is 0. The van der Waals surface area contributed by atoms with Crippen molar-refractivity contribution in [1.82, 2.24) is 10.6 Å². The highest BCUT2D eigenvalue weighted by Crippen LogP contribution is 2.31. The summed E-state index contributed by atoms with van der Waals surface area (Å²) in [5.74, 6) is 0.00804. The minimum atomic E-state index is -1.28. The van der Waals surface area contributed by atoms with Gasteiger partial charge < -0.3 is 30.3 Å². The first-order valence-corrected chi connectivity index (χ1v) is 14.5. The number of hydrogen-bond acceptors (Lipinski definition) is 7. The zero-order valence-corrected chi connectivity index (χ0v) is 23.2. The standard InChI is InChI=1S/C28H52N2O6/c1-6-9-11-14-19-16-20(29-17-19)28(34)30-23(18(4)5)27-25(33)24(32)26(21(35-27)13-8-3)36-22(31)15-12-10-7-2/h18-21,23-27,29,32-33H,6-17H2,1-5H3,(H,30,34). The van der Waals surface area contributed by atoms with Gasteiger partial charge in [0.15, 0.2) is 6.10 Å². The van der Waals surface area contributed by atoms with E-state index in [4.69, 9.17) is 9.47 Å². The predicted molar refractivity (Wildman–Crippen MR) is 140 cm³/mol. The topological polar surface area (TPSA) is 117 Å². The summed E-state index contributed by atoms with van der Waals surface area (Å²) < 4.78 is 11.9. The maximum atomic E-state index is 13.2. The molecule has 2 fully saturated rings. The molecular formula is C28H52N2O6. The molecule has 0 spiro atoms. The molecule has 2 rings (SSSR count). The highest BCUT2D eigenvalue weighted by molar-refractivity contribution is 5.82. The van der Waals surface area contributed by atoms with Crippen LogP contribution in [0.2, 0.25) is 0 Å². The quantitative estimate of drug-likeness (QED) is 0.196. The third-order valence-electron chi connectivity index (χ3n) is 7.68. The van der Waals surface area contributed by atoms with Gasteiger partial charge in [-0.1, -0.05) is 73.1 Å². The largest absolute Gasteiger partial charge is 0.457 e. The van der Waals surface area contributed by atoms with Gasteiger partial charge in [0, 0.05) is 6.42 Å². The number of carbonyl (C=O) groups excluding carboxylic acids is 2. The van der Waals surface area contributed by atoms with Crippen LogP contribution >= 0.6 is 0 Å². The molecule has 8 nitrogen and oxygen atoms in total. The minimum Gasteiger partial charge on any atom is -0.457 e. The average Bonchev–Trinajstić information content (AvgIpc) is 3.31. The number of carbonyl (C=O) groups is 2. The predicted octanol–water partition coefficient (Wildman–Crippen LogP) is 3.47. The molecule has 0 aromatic carbocycles. The fourth-order valence-electron chi connectivity index (χ4n) is 5.46. The van der Waals surface area contributed by atoms with Crippen molar-refractivity contribution in [2.75, 3.05) is 6.54 Å². The molecule has 0 saturated carbocycles. The fourth-order valence-corrected chi connectivity index (χ4v) is 5.46. The van der Waals surface area contributed by atoms with Crippen molar-refractivity contribution >= 4 is 11.9 Å². The smallest absolute Gasteiger partial charge is 0.306 e. The van der Waals surface area contributed by atoms with Crippen molar-refractivity contribution in [2.24, 2.45) is 11.8 Å². The van der Waals surface area contributed by atoms with Crippen LogP contribution in [0.5, 0.6) is 0 Å². The Labute approximate surface area is 218 Å². The lowest BCUT2D eigenvalue weighted by Crippen LogP contribution is -2.65. The van der Waals surface area contributed by atoms with Crippen LogP contribution in [0.15, 0.2) is 0 Å². The highest BCUT2D eigenvalue weighted by atomic mass is 16.6. The number of esters is 1. The van der Waals surface area contributed by atoms with E-state index >= 15 is 0 Å². The number of ether oxygens (including phenoxy) is 2. The molecule has 4 N–H and O–H groups in total. The molecule has 2 heterocycles. The zero-order valence-electron chi connectivity index (χ0n) is 23.2. The monoisotopic (exact) mass is 512 g/mol. The molecule has 0 aliphatic carbocycles. The lowest BCUT2D eigenvalue weighted by molar-refractivity contribution is -0.241. The van der Waals surface area contributed by atoms with Crippen molar-refractivity contribution in [2.45, 2.75) is 148 Å². The summed E-state index contributed by atoms with van der Waals surface area (Å²) in [6.45, 7) is 11.0. The molecule has 8 atom stereocenters. The number of unbranched alkanes of at least 4 members (excludes halogenated alkanes) is 4. The van der Waals surface area contributed by atoms with Gasteiger partial charge in [-0.25, -0.2) is 0 Å². The van der Waals surface area contributed by atoms with E-state index in [0.29, 0.717) is 12.3 Å². The number of aliphatic hydroxyl groups is 2. The van der Waals surface area contributed by atoms with Gasteiger partial charge in [-0.05, 0) is 44.1 Å². The molecule has 36 heavy (non-hydrogen) atoms. The lowest BCUT2D eigenvalue weighted by atomic mass is 9.85. The molecule has 8 unspecified atom stereocenters. The van der Waals surface area contributed by atoms with Crippen molar-refractivity contribution in [1.29, 1.82) is 0 Å². The van der Waals surface area contributed by atoms with Crippen LogP contribution in [-0.2, 0) is 19.1 Å². The Kier molecular flexibility index (Phi) is 13.7. The van der Waals surface area contributed by atoms with E-state index in [1.807, 2.05) is 20.8 Å². The molecule has 0 bridgehead atoms. The Balaban J connectivity index is 2.04. The van der Waals surface area contributed by atoms with Crippen LogP contribution in [0.3, 0.4) is 0 Å². The maximum Gasteiger partial charge on any atom is 0.306 e. The van der Waals surface area contributed by atoms with E-state index in [0.717, 1.165) is 45.1 Å². The third kappa shape index (κ3) is 8.96. The van der Waals surface area contributed by atoms with Gasteiger partial charge in [0.1, 0.15) is 18.3 Å². The third-order valence-corrected chi connectivity index (χ3v) is 7.68. The van der Waals surface area contributed by atoms with Crippen LogP contribution < -0.4 is 10.6 Å². The molecule has 210 valence electrons. The summed E-state index contributed by atoms with van der Waals surface area (Å²) in [6, 6.07) is -0.740. The number of amides is 1. The first kappa shape index (κ1) is 31.0. The van der Waals surface area contributed by atoms with Crippen molar-refractivity contribution < 1.29 is 29.3 Å². The van der Waals surface area contributed by atoms with Crippen LogP contribution in [0, 0.1) is 11.8 Å². The van der Waals surface area contributed by atoms with Gasteiger partial charge in [-0.3, -0.25) is 9.59 Å². The Morgan fingerprint density at radius 3 is 2.33 bits per heavy atom. The van der Waals surface area contributed by atoms with Gasteiger partial charge in [-0.15, -0.1) is 0 Å². The van der Waals surface area contributed by atoms with Gasteiger partial charge >= 0.3 is 5.97 Å². The lowest BCUT2D eigenvalue weighted by Gasteiger charge is -2.46. The fraction of sp³-hybridized carbons (Fsp3) is 0.929. The SMILES string of the molecule is CCCCCC(=O)OC1C(CCC)OC(C(NC(=O)C2CC(CCCCC)CN2)C(C)C)C(O)C1O. The van der Waals surface area contributed by atoms with Crippen LogP contribution in [0.1, 0.15) is 105 Å². The Morgan fingerprint density at radius 1 is 1.00 bits per heavy atom. The number of nitrogens with one attached hydrogen (secondary N) is 2. The molecule has 1 amide bonds. The van der Waals surface area contributed by atoms with E-state index in [1.165, 1.54) is 19.3 Å². The second-order valence-electron chi connectivity index (χ2n) is 11.2. The molecule has 2 aliphatic heterocycles. The number of aliphatic hydroxyl groups excluding tert-OH is 2. The molecule has 0 aromatic heterocycles. The summed E-state index contributed by atoms with van der Waals surface area (Å²) in [7, 11) is 0. The highest BCUT2D eigenvalue weighted by Gasteiger charge is 2.49. The summed E-state index contributed by atoms with van der Waals surface area (Å²) in [6.07, 6.45) is 5.03.